The molecule has 0 bridgehead atoms. The van der Waals surface area contributed by atoms with Crippen LogP contribution in [0, 0.1) is 0 Å². The van der Waals surface area contributed by atoms with E-state index in [1.165, 1.54) is 48.5 Å². The van der Waals surface area contributed by atoms with E-state index in [9.17, 15) is 23.2 Å². The number of halogens is 2. The summed E-state index contributed by atoms with van der Waals surface area (Å²) < 4.78 is 38.8. The van der Waals surface area contributed by atoms with E-state index in [2.05, 4.69) is 10.1 Å². The summed E-state index contributed by atoms with van der Waals surface area (Å²) in [5.41, 5.74) is 0.475. The van der Waals surface area contributed by atoms with Crippen molar-refractivity contribution in [3.63, 3.8) is 0 Å². The SMILES string of the molecule is O=Cc1ccc(OCC(=O)OCC(=O)Nc2ccccc2OC(F)F)cc1. The predicted molar refractivity (Wildman–Crippen MR) is 90.0 cm³/mol. The molecule has 2 rings (SSSR count). The van der Waals surface area contributed by atoms with Gasteiger partial charge >= 0.3 is 12.6 Å². The van der Waals surface area contributed by atoms with Crippen LogP contribution < -0.4 is 14.8 Å². The van der Waals surface area contributed by atoms with Crippen LogP contribution in [0.3, 0.4) is 0 Å². The minimum Gasteiger partial charge on any atom is -0.482 e. The van der Waals surface area contributed by atoms with Crippen LogP contribution in [0.2, 0.25) is 0 Å². The van der Waals surface area contributed by atoms with Gasteiger partial charge in [0.25, 0.3) is 5.91 Å². The van der Waals surface area contributed by atoms with Crippen LogP contribution >= 0.6 is 0 Å². The Hall–Kier alpha value is -3.49. The molecule has 0 saturated heterocycles. The topological polar surface area (TPSA) is 90.9 Å². The van der Waals surface area contributed by atoms with Crippen LogP contribution in [-0.2, 0) is 14.3 Å². The van der Waals surface area contributed by atoms with Crippen LogP contribution in [0.4, 0.5) is 14.5 Å². The molecule has 0 aromatic heterocycles. The molecule has 1 N–H and O–H groups in total. The number of amides is 1. The summed E-state index contributed by atoms with van der Waals surface area (Å²) in [5.74, 6) is -1.40. The van der Waals surface area contributed by atoms with Gasteiger partial charge in [0.05, 0.1) is 5.69 Å². The monoisotopic (exact) mass is 379 g/mol. The second-order valence-corrected chi connectivity index (χ2v) is 5.06. The number of carbonyl (C=O) groups excluding carboxylic acids is 3. The third-order valence-corrected chi connectivity index (χ3v) is 3.11. The molecule has 0 heterocycles. The Kier molecular flexibility index (Phi) is 7.24. The van der Waals surface area contributed by atoms with E-state index in [-0.39, 0.29) is 11.4 Å². The van der Waals surface area contributed by atoms with Crippen molar-refractivity contribution >= 4 is 23.9 Å². The first-order valence-corrected chi connectivity index (χ1v) is 7.65. The van der Waals surface area contributed by atoms with Crippen molar-refractivity contribution in [3.05, 3.63) is 54.1 Å². The molecule has 2 aromatic rings. The summed E-state index contributed by atoms with van der Waals surface area (Å²) in [6.45, 7) is -4.12. The van der Waals surface area contributed by atoms with Crippen molar-refractivity contribution in [2.75, 3.05) is 18.5 Å². The number of carbonyl (C=O) groups is 3. The Balaban J connectivity index is 1.78. The van der Waals surface area contributed by atoms with Crippen LogP contribution in [0.15, 0.2) is 48.5 Å². The number of aldehydes is 1. The second-order valence-electron chi connectivity index (χ2n) is 5.06. The average Bonchev–Trinajstić information content (AvgIpc) is 2.66. The number of para-hydroxylation sites is 2. The summed E-state index contributed by atoms with van der Waals surface area (Å²) in [6.07, 6.45) is 0.668. The molecule has 9 heteroatoms. The molecular formula is C18H15F2NO6. The first-order chi connectivity index (χ1) is 13.0. The molecule has 0 atom stereocenters. The molecular weight excluding hydrogens is 364 g/mol. The van der Waals surface area contributed by atoms with E-state index < -0.39 is 31.7 Å². The number of rotatable bonds is 9. The largest absolute Gasteiger partial charge is 0.482 e. The van der Waals surface area contributed by atoms with Crippen molar-refractivity contribution in [3.8, 4) is 11.5 Å². The Bertz CT molecular complexity index is 795. The fraction of sp³-hybridized carbons (Fsp3) is 0.167. The molecule has 2 aromatic carbocycles. The molecule has 142 valence electrons. The fourth-order valence-corrected chi connectivity index (χ4v) is 1.93. The van der Waals surface area contributed by atoms with Gasteiger partial charge in [-0.25, -0.2) is 4.79 Å². The van der Waals surface area contributed by atoms with Gasteiger partial charge in [-0.05, 0) is 36.4 Å². The van der Waals surface area contributed by atoms with Gasteiger partial charge in [-0.1, -0.05) is 12.1 Å². The van der Waals surface area contributed by atoms with Gasteiger partial charge in [0, 0.05) is 5.56 Å². The minimum atomic E-state index is -3.04. The predicted octanol–water partition coefficient (Wildman–Crippen LogP) is 2.66. The van der Waals surface area contributed by atoms with Crippen molar-refractivity contribution in [2.24, 2.45) is 0 Å². The van der Waals surface area contributed by atoms with E-state index >= 15 is 0 Å². The maximum absolute atomic E-state index is 12.3. The van der Waals surface area contributed by atoms with E-state index in [1.807, 2.05) is 0 Å². The van der Waals surface area contributed by atoms with Gasteiger partial charge < -0.3 is 19.5 Å². The first kappa shape index (κ1) is 19.8. The first-order valence-electron chi connectivity index (χ1n) is 7.65. The van der Waals surface area contributed by atoms with Crippen LogP contribution in [0.5, 0.6) is 11.5 Å². The Morgan fingerprint density at radius 1 is 1.04 bits per heavy atom. The highest BCUT2D eigenvalue weighted by atomic mass is 19.3. The summed E-state index contributed by atoms with van der Waals surface area (Å²) >= 11 is 0. The molecule has 0 spiro atoms. The summed E-state index contributed by atoms with van der Waals surface area (Å²) in [6, 6.07) is 11.6. The van der Waals surface area contributed by atoms with Gasteiger partial charge in [-0.15, -0.1) is 0 Å². The maximum Gasteiger partial charge on any atom is 0.387 e. The minimum absolute atomic E-state index is 0.0189. The zero-order valence-corrected chi connectivity index (χ0v) is 13.9. The quantitative estimate of drug-likeness (QED) is 0.532. The Labute approximate surface area is 152 Å². The van der Waals surface area contributed by atoms with Gasteiger partial charge in [0.2, 0.25) is 0 Å². The lowest BCUT2D eigenvalue weighted by Gasteiger charge is -2.12. The summed E-state index contributed by atoms with van der Waals surface area (Å²) in [4.78, 5) is 33.9. The highest BCUT2D eigenvalue weighted by molar-refractivity contribution is 5.94. The third-order valence-electron chi connectivity index (χ3n) is 3.11. The number of hydrogen-bond acceptors (Lipinski definition) is 6. The van der Waals surface area contributed by atoms with Crippen LogP contribution in [0.1, 0.15) is 10.4 Å². The molecule has 0 aliphatic heterocycles. The number of anilines is 1. The Morgan fingerprint density at radius 3 is 2.41 bits per heavy atom. The van der Waals surface area contributed by atoms with Crippen molar-refractivity contribution in [1.82, 2.24) is 0 Å². The molecule has 0 unspecified atom stereocenters. The smallest absolute Gasteiger partial charge is 0.387 e. The second kappa shape index (κ2) is 9.85. The van der Waals surface area contributed by atoms with Crippen molar-refractivity contribution < 1.29 is 37.4 Å². The van der Waals surface area contributed by atoms with Gasteiger partial charge in [-0.2, -0.15) is 8.78 Å². The van der Waals surface area contributed by atoms with Gasteiger partial charge in [0.15, 0.2) is 13.2 Å². The average molecular weight is 379 g/mol. The van der Waals surface area contributed by atoms with Gasteiger partial charge in [-0.3, -0.25) is 9.59 Å². The normalized spacial score (nSPS) is 10.2. The molecule has 7 nitrogen and oxygen atoms in total. The fourth-order valence-electron chi connectivity index (χ4n) is 1.93. The number of nitrogens with one attached hydrogen (secondary N) is 1. The zero-order valence-electron chi connectivity index (χ0n) is 13.9. The lowest BCUT2D eigenvalue weighted by Crippen LogP contribution is -2.24. The molecule has 27 heavy (non-hydrogen) atoms. The standard InChI is InChI=1S/C18H15F2NO6/c19-18(20)27-15-4-2-1-3-14(15)21-16(23)10-26-17(24)11-25-13-7-5-12(9-22)6-8-13/h1-9,18H,10-11H2,(H,21,23). The lowest BCUT2D eigenvalue weighted by molar-refractivity contribution is -0.149. The zero-order chi connectivity index (χ0) is 19.6. The third kappa shape index (κ3) is 6.73. The van der Waals surface area contributed by atoms with E-state index in [1.54, 1.807) is 0 Å². The van der Waals surface area contributed by atoms with Crippen LogP contribution in [0.25, 0.3) is 0 Å². The number of esters is 1. The highest BCUT2D eigenvalue weighted by Gasteiger charge is 2.13. The van der Waals surface area contributed by atoms with Crippen LogP contribution in [-0.4, -0.2) is 38.0 Å². The number of benzene rings is 2. The summed E-state index contributed by atoms with van der Waals surface area (Å²) in [5, 5.41) is 2.31. The van der Waals surface area contributed by atoms with Crippen molar-refractivity contribution in [2.45, 2.75) is 6.61 Å². The molecule has 1 amide bonds. The molecule has 0 radical (unpaired) electrons. The van der Waals surface area contributed by atoms with Gasteiger partial charge in [0.1, 0.15) is 17.8 Å². The number of ether oxygens (including phenoxy) is 3. The molecule has 0 saturated carbocycles. The summed E-state index contributed by atoms with van der Waals surface area (Å²) in [7, 11) is 0. The molecule has 0 fully saturated rings. The number of hydrogen-bond donors (Lipinski definition) is 1. The maximum atomic E-state index is 12.3. The lowest BCUT2D eigenvalue weighted by atomic mass is 10.2. The Morgan fingerprint density at radius 2 is 1.74 bits per heavy atom. The van der Waals surface area contributed by atoms with E-state index in [4.69, 9.17) is 9.47 Å². The van der Waals surface area contributed by atoms with E-state index in [0.29, 0.717) is 17.6 Å². The van der Waals surface area contributed by atoms with E-state index in [0.717, 1.165) is 0 Å². The molecule has 0 aliphatic carbocycles. The van der Waals surface area contributed by atoms with Crippen molar-refractivity contribution in [1.29, 1.82) is 0 Å². The molecule has 0 aliphatic rings. The number of alkyl halides is 2. The highest BCUT2D eigenvalue weighted by Crippen LogP contribution is 2.25.